The van der Waals surface area contributed by atoms with Crippen molar-refractivity contribution < 1.29 is 14.3 Å². The third kappa shape index (κ3) is 3.83. The average Bonchev–Trinajstić information content (AvgIpc) is 2.93. The highest BCUT2D eigenvalue weighted by atomic mass is 35.5. The second-order valence-electron chi connectivity index (χ2n) is 6.39. The molecule has 0 radical (unpaired) electrons. The molecule has 5 nitrogen and oxygen atoms in total. The fourth-order valence-electron chi connectivity index (χ4n) is 3.64. The van der Waals surface area contributed by atoms with Crippen molar-refractivity contribution in [1.82, 2.24) is 9.80 Å². The second-order valence-corrected chi connectivity index (χ2v) is 6.76. The van der Waals surface area contributed by atoms with Gasteiger partial charge in [0.25, 0.3) is 0 Å². The van der Waals surface area contributed by atoms with E-state index in [1.807, 2.05) is 6.07 Å². The molecule has 0 bridgehead atoms. The minimum atomic E-state index is -0.642. The maximum atomic E-state index is 11.2. The van der Waals surface area contributed by atoms with E-state index < -0.39 is 5.97 Å². The quantitative estimate of drug-likeness (QED) is 0.922. The highest BCUT2D eigenvalue weighted by Gasteiger charge is 2.31. The van der Waals surface area contributed by atoms with Crippen molar-refractivity contribution in [3.63, 3.8) is 0 Å². The molecule has 1 atom stereocenters. The molecule has 2 fully saturated rings. The van der Waals surface area contributed by atoms with Crippen molar-refractivity contribution in [2.24, 2.45) is 5.92 Å². The molecular weight excluding hydrogens is 304 g/mol. The zero-order valence-electron chi connectivity index (χ0n) is 12.7. The molecule has 0 aliphatic carbocycles. The summed E-state index contributed by atoms with van der Waals surface area (Å²) in [4.78, 5) is 16.0. The molecule has 6 heteroatoms. The largest absolute Gasteiger partial charge is 0.481 e. The van der Waals surface area contributed by atoms with Crippen LogP contribution < -0.4 is 0 Å². The van der Waals surface area contributed by atoms with E-state index in [9.17, 15) is 9.90 Å². The lowest BCUT2D eigenvalue weighted by Gasteiger charge is -2.41. The van der Waals surface area contributed by atoms with Crippen molar-refractivity contribution in [3.05, 3.63) is 23.1 Å². The third-order valence-electron chi connectivity index (χ3n) is 4.88. The van der Waals surface area contributed by atoms with Crippen molar-refractivity contribution in [3.8, 4) is 0 Å². The molecule has 122 valence electrons. The third-order valence-corrected chi connectivity index (χ3v) is 5.09. The number of carbonyl (C=O) groups is 1. The molecular formula is C16H23ClN2O3. The van der Waals surface area contributed by atoms with E-state index in [0.29, 0.717) is 17.8 Å². The van der Waals surface area contributed by atoms with E-state index in [1.165, 1.54) is 0 Å². The number of carboxylic acids is 1. The smallest absolute Gasteiger partial charge is 0.307 e. The van der Waals surface area contributed by atoms with Gasteiger partial charge >= 0.3 is 5.97 Å². The van der Waals surface area contributed by atoms with E-state index in [2.05, 4.69) is 9.80 Å². The Morgan fingerprint density at radius 3 is 2.68 bits per heavy atom. The SMILES string of the molecule is O=C(O)[C@H]1CCCN(C2CCN(Cc3ccc(Cl)o3)CC2)C1. The number of hydrogen-bond acceptors (Lipinski definition) is 4. The van der Waals surface area contributed by atoms with Crippen LogP contribution in [0, 0.1) is 5.92 Å². The number of carboxylic acid groups (broad SMARTS) is 1. The zero-order valence-corrected chi connectivity index (χ0v) is 13.5. The summed E-state index contributed by atoms with van der Waals surface area (Å²) in [5.41, 5.74) is 0. The fourth-order valence-corrected chi connectivity index (χ4v) is 3.80. The van der Waals surface area contributed by atoms with Crippen molar-refractivity contribution in [2.75, 3.05) is 26.2 Å². The number of aliphatic carboxylic acids is 1. The van der Waals surface area contributed by atoms with Crippen LogP contribution in [0.15, 0.2) is 16.5 Å². The normalized spacial score (nSPS) is 25.4. The first-order chi connectivity index (χ1) is 10.6. The minimum absolute atomic E-state index is 0.183. The summed E-state index contributed by atoms with van der Waals surface area (Å²) in [6, 6.07) is 4.23. The van der Waals surface area contributed by atoms with Crippen LogP contribution in [0.2, 0.25) is 5.22 Å². The molecule has 0 saturated carbocycles. The van der Waals surface area contributed by atoms with Crippen LogP contribution in [-0.4, -0.2) is 53.1 Å². The lowest BCUT2D eigenvalue weighted by molar-refractivity contribution is -0.144. The van der Waals surface area contributed by atoms with Gasteiger partial charge in [0, 0.05) is 25.7 Å². The van der Waals surface area contributed by atoms with Gasteiger partial charge in [-0.05, 0) is 56.0 Å². The van der Waals surface area contributed by atoms with Gasteiger partial charge in [0.1, 0.15) is 5.76 Å². The van der Waals surface area contributed by atoms with Crippen LogP contribution in [0.3, 0.4) is 0 Å². The lowest BCUT2D eigenvalue weighted by Crippen LogP contribution is -2.49. The van der Waals surface area contributed by atoms with Gasteiger partial charge in [0.05, 0.1) is 12.5 Å². The van der Waals surface area contributed by atoms with Gasteiger partial charge in [0.2, 0.25) is 0 Å². The summed E-state index contributed by atoms with van der Waals surface area (Å²) in [5.74, 6) is 0.0845. The number of furan rings is 1. The lowest BCUT2D eigenvalue weighted by atomic mass is 9.94. The van der Waals surface area contributed by atoms with E-state index in [4.69, 9.17) is 16.0 Å². The summed E-state index contributed by atoms with van der Waals surface area (Å²) < 4.78 is 5.42. The first kappa shape index (κ1) is 15.8. The van der Waals surface area contributed by atoms with Crippen LogP contribution in [-0.2, 0) is 11.3 Å². The Balaban J connectivity index is 1.48. The van der Waals surface area contributed by atoms with Gasteiger partial charge in [0.15, 0.2) is 5.22 Å². The Morgan fingerprint density at radius 1 is 1.27 bits per heavy atom. The molecule has 22 heavy (non-hydrogen) atoms. The number of likely N-dealkylation sites (tertiary alicyclic amines) is 2. The van der Waals surface area contributed by atoms with Crippen molar-refractivity contribution in [1.29, 1.82) is 0 Å². The molecule has 1 N–H and O–H groups in total. The summed E-state index contributed by atoms with van der Waals surface area (Å²) in [6.45, 7) is 4.61. The monoisotopic (exact) mass is 326 g/mol. The summed E-state index contributed by atoms with van der Waals surface area (Å²) in [5, 5.41) is 9.65. The van der Waals surface area contributed by atoms with Crippen LogP contribution in [0.4, 0.5) is 0 Å². The van der Waals surface area contributed by atoms with E-state index in [0.717, 1.165) is 57.6 Å². The minimum Gasteiger partial charge on any atom is -0.481 e. The van der Waals surface area contributed by atoms with Gasteiger partial charge < -0.3 is 9.52 Å². The Hall–Kier alpha value is -1.04. The van der Waals surface area contributed by atoms with Gasteiger partial charge in [-0.3, -0.25) is 14.6 Å². The average molecular weight is 327 g/mol. The van der Waals surface area contributed by atoms with Gasteiger partial charge in [-0.15, -0.1) is 0 Å². The highest BCUT2D eigenvalue weighted by Crippen LogP contribution is 2.25. The molecule has 2 aliphatic heterocycles. The van der Waals surface area contributed by atoms with Gasteiger partial charge in [-0.25, -0.2) is 0 Å². The Labute approximate surface area is 135 Å². The molecule has 1 aromatic rings. The maximum absolute atomic E-state index is 11.2. The van der Waals surface area contributed by atoms with Gasteiger partial charge in [-0.1, -0.05) is 0 Å². The Morgan fingerprint density at radius 2 is 2.05 bits per heavy atom. The first-order valence-corrected chi connectivity index (χ1v) is 8.43. The number of halogens is 1. The maximum Gasteiger partial charge on any atom is 0.307 e. The topological polar surface area (TPSA) is 56.9 Å². The summed E-state index contributed by atoms with van der Waals surface area (Å²) in [6.07, 6.45) is 4.02. The van der Waals surface area contributed by atoms with E-state index in [-0.39, 0.29) is 5.92 Å². The molecule has 2 aliphatic rings. The summed E-state index contributed by atoms with van der Waals surface area (Å²) in [7, 11) is 0. The molecule has 0 aromatic carbocycles. The number of hydrogen-bond donors (Lipinski definition) is 1. The second kappa shape index (κ2) is 7.02. The fraction of sp³-hybridized carbons (Fsp3) is 0.688. The number of piperidine rings is 2. The van der Waals surface area contributed by atoms with Crippen molar-refractivity contribution >= 4 is 17.6 Å². The Kier molecular flexibility index (Phi) is 5.06. The Bertz CT molecular complexity index is 511. The standard InChI is InChI=1S/C16H23ClN2O3/c17-15-4-3-14(22-15)11-18-8-5-13(6-9-18)19-7-1-2-12(10-19)16(20)21/h3-4,12-13H,1-2,5-11H2,(H,20,21)/t12-/m0/s1. The van der Waals surface area contributed by atoms with Crippen LogP contribution >= 0.6 is 11.6 Å². The molecule has 2 saturated heterocycles. The molecule has 0 spiro atoms. The molecule has 1 aromatic heterocycles. The van der Waals surface area contributed by atoms with Crippen molar-refractivity contribution in [2.45, 2.75) is 38.3 Å². The molecule has 3 rings (SSSR count). The molecule has 0 unspecified atom stereocenters. The van der Waals surface area contributed by atoms with E-state index >= 15 is 0 Å². The van der Waals surface area contributed by atoms with Crippen LogP contribution in [0.1, 0.15) is 31.4 Å². The number of rotatable bonds is 4. The predicted octanol–water partition coefficient (Wildman–Crippen LogP) is 2.69. The highest BCUT2D eigenvalue weighted by molar-refractivity contribution is 6.28. The predicted molar refractivity (Wildman–Crippen MR) is 83.9 cm³/mol. The first-order valence-electron chi connectivity index (χ1n) is 8.05. The van der Waals surface area contributed by atoms with Crippen LogP contribution in [0.25, 0.3) is 0 Å². The van der Waals surface area contributed by atoms with E-state index in [1.54, 1.807) is 6.07 Å². The molecule has 0 amide bonds. The summed E-state index contributed by atoms with van der Waals surface area (Å²) >= 11 is 5.80. The van der Waals surface area contributed by atoms with Gasteiger partial charge in [-0.2, -0.15) is 0 Å². The number of nitrogens with zero attached hydrogens (tertiary/aromatic N) is 2. The van der Waals surface area contributed by atoms with Crippen LogP contribution in [0.5, 0.6) is 0 Å². The molecule has 3 heterocycles. The zero-order chi connectivity index (χ0) is 15.5.